The first-order valence-electron chi connectivity index (χ1n) is 7.37. The fraction of sp³-hybridized carbons (Fsp3) is 0.444. The lowest BCUT2D eigenvalue weighted by atomic mass is 10.1. The molecular weight excluding hydrogens is 268 g/mol. The van der Waals surface area contributed by atoms with Gasteiger partial charge in [0.15, 0.2) is 0 Å². The molecule has 2 heteroatoms. The van der Waals surface area contributed by atoms with Gasteiger partial charge in [-0.25, -0.2) is 0 Å². The molecular formula is C18H25ClO. The van der Waals surface area contributed by atoms with Crippen LogP contribution in [0.3, 0.4) is 0 Å². The van der Waals surface area contributed by atoms with Crippen LogP contribution in [0.25, 0.3) is 0 Å². The average molecular weight is 293 g/mol. The van der Waals surface area contributed by atoms with Gasteiger partial charge in [-0.1, -0.05) is 42.7 Å². The minimum atomic E-state index is 0.626. The summed E-state index contributed by atoms with van der Waals surface area (Å²) in [6, 6.07) is 7.49. The highest BCUT2D eigenvalue weighted by molar-refractivity contribution is 6.30. The SMILES string of the molecule is CCC(C)=CCCC(=CCOc1ccc(Cl)cc1)CC. The Hall–Kier alpha value is -1.21. The second-order valence-corrected chi connectivity index (χ2v) is 5.36. The third-order valence-electron chi connectivity index (χ3n) is 3.41. The lowest BCUT2D eigenvalue weighted by molar-refractivity contribution is 0.361. The van der Waals surface area contributed by atoms with E-state index in [2.05, 4.69) is 32.9 Å². The molecule has 0 amide bonds. The highest BCUT2D eigenvalue weighted by Gasteiger charge is 1.96. The molecule has 1 aromatic carbocycles. The normalized spacial score (nSPS) is 12.6. The molecule has 0 saturated heterocycles. The van der Waals surface area contributed by atoms with Gasteiger partial charge in [0.1, 0.15) is 12.4 Å². The number of allylic oxidation sites excluding steroid dienone is 3. The summed E-state index contributed by atoms with van der Waals surface area (Å²) >= 11 is 5.84. The largest absolute Gasteiger partial charge is 0.490 e. The van der Waals surface area contributed by atoms with Gasteiger partial charge in [-0.3, -0.25) is 0 Å². The van der Waals surface area contributed by atoms with E-state index in [4.69, 9.17) is 16.3 Å². The van der Waals surface area contributed by atoms with Crippen LogP contribution in [0.4, 0.5) is 0 Å². The Morgan fingerprint density at radius 1 is 1.10 bits per heavy atom. The minimum Gasteiger partial charge on any atom is -0.490 e. The molecule has 1 rings (SSSR count). The first-order chi connectivity index (χ1) is 9.65. The Labute approximate surface area is 128 Å². The maximum Gasteiger partial charge on any atom is 0.119 e. The van der Waals surface area contributed by atoms with E-state index in [0.717, 1.165) is 36.5 Å². The third kappa shape index (κ3) is 6.81. The highest BCUT2D eigenvalue weighted by Crippen LogP contribution is 2.16. The molecule has 0 spiro atoms. The van der Waals surface area contributed by atoms with Crippen molar-refractivity contribution in [3.63, 3.8) is 0 Å². The standard InChI is InChI=1S/C18H25ClO/c1-4-15(3)7-6-8-16(5-2)13-14-20-18-11-9-17(19)10-12-18/h7,9-13H,4-6,8,14H2,1-3H3. The fourth-order valence-corrected chi connectivity index (χ4v) is 1.98. The van der Waals surface area contributed by atoms with Crippen molar-refractivity contribution in [1.82, 2.24) is 0 Å². The first kappa shape index (κ1) is 16.8. The molecule has 110 valence electrons. The summed E-state index contributed by atoms with van der Waals surface area (Å²) in [7, 11) is 0. The van der Waals surface area contributed by atoms with E-state index in [1.54, 1.807) is 0 Å². The molecule has 0 aliphatic rings. The van der Waals surface area contributed by atoms with Crippen molar-refractivity contribution in [3.05, 3.63) is 52.6 Å². The Morgan fingerprint density at radius 2 is 1.80 bits per heavy atom. The zero-order valence-corrected chi connectivity index (χ0v) is 13.5. The summed E-state index contributed by atoms with van der Waals surface area (Å²) in [6.07, 6.45) is 9.01. The maximum atomic E-state index is 5.84. The van der Waals surface area contributed by atoms with Crippen molar-refractivity contribution in [3.8, 4) is 5.75 Å². The smallest absolute Gasteiger partial charge is 0.119 e. The molecule has 1 nitrogen and oxygen atoms in total. The Morgan fingerprint density at radius 3 is 2.40 bits per heavy atom. The lowest BCUT2D eigenvalue weighted by Gasteiger charge is -2.06. The number of rotatable bonds is 8. The van der Waals surface area contributed by atoms with Crippen LogP contribution in [-0.4, -0.2) is 6.61 Å². The van der Waals surface area contributed by atoms with Crippen LogP contribution in [0, 0.1) is 0 Å². The average Bonchev–Trinajstić information content (AvgIpc) is 2.47. The minimum absolute atomic E-state index is 0.626. The summed E-state index contributed by atoms with van der Waals surface area (Å²) in [6.45, 7) is 7.22. The van der Waals surface area contributed by atoms with E-state index in [-0.39, 0.29) is 0 Å². The van der Waals surface area contributed by atoms with E-state index in [0.29, 0.717) is 6.61 Å². The molecule has 0 N–H and O–H groups in total. The summed E-state index contributed by atoms with van der Waals surface area (Å²) in [5.74, 6) is 0.864. The molecule has 0 saturated carbocycles. The van der Waals surface area contributed by atoms with Crippen molar-refractivity contribution in [1.29, 1.82) is 0 Å². The van der Waals surface area contributed by atoms with E-state index in [1.807, 2.05) is 24.3 Å². The van der Waals surface area contributed by atoms with Gasteiger partial charge in [0.25, 0.3) is 0 Å². The van der Waals surface area contributed by atoms with Gasteiger partial charge < -0.3 is 4.74 Å². The van der Waals surface area contributed by atoms with E-state index < -0.39 is 0 Å². The monoisotopic (exact) mass is 292 g/mol. The van der Waals surface area contributed by atoms with E-state index in [9.17, 15) is 0 Å². The molecule has 0 aromatic heterocycles. The molecule has 1 aromatic rings. The maximum absolute atomic E-state index is 5.84. The molecule has 20 heavy (non-hydrogen) atoms. The van der Waals surface area contributed by atoms with Gasteiger partial charge >= 0.3 is 0 Å². The lowest BCUT2D eigenvalue weighted by Crippen LogP contribution is -1.95. The van der Waals surface area contributed by atoms with Gasteiger partial charge in [0, 0.05) is 5.02 Å². The van der Waals surface area contributed by atoms with Crippen LogP contribution in [0.15, 0.2) is 47.6 Å². The zero-order valence-electron chi connectivity index (χ0n) is 12.8. The topological polar surface area (TPSA) is 9.23 Å². The molecule has 0 atom stereocenters. The van der Waals surface area contributed by atoms with Crippen LogP contribution in [0.1, 0.15) is 46.5 Å². The number of ether oxygens (including phenoxy) is 1. The second-order valence-electron chi connectivity index (χ2n) is 4.92. The summed E-state index contributed by atoms with van der Waals surface area (Å²) in [5, 5.41) is 0.736. The van der Waals surface area contributed by atoms with Crippen molar-refractivity contribution < 1.29 is 4.74 Å². The summed E-state index contributed by atoms with van der Waals surface area (Å²) in [5.41, 5.74) is 2.93. The quantitative estimate of drug-likeness (QED) is 0.519. The third-order valence-corrected chi connectivity index (χ3v) is 3.66. The molecule has 0 unspecified atom stereocenters. The summed E-state index contributed by atoms with van der Waals surface area (Å²) in [4.78, 5) is 0. The van der Waals surface area contributed by atoms with Crippen LogP contribution in [0.5, 0.6) is 5.75 Å². The van der Waals surface area contributed by atoms with Gasteiger partial charge in [-0.2, -0.15) is 0 Å². The van der Waals surface area contributed by atoms with E-state index in [1.165, 1.54) is 11.1 Å². The van der Waals surface area contributed by atoms with Gasteiger partial charge in [0.05, 0.1) is 0 Å². The first-order valence-corrected chi connectivity index (χ1v) is 7.75. The fourth-order valence-electron chi connectivity index (χ4n) is 1.86. The van der Waals surface area contributed by atoms with Gasteiger partial charge in [-0.15, -0.1) is 0 Å². The van der Waals surface area contributed by atoms with Crippen molar-refractivity contribution in [2.75, 3.05) is 6.61 Å². The number of hydrogen-bond acceptors (Lipinski definition) is 1. The van der Waals surface area contributed by atoms with Crippen molar-refractivity contribution in [2.24, 2.45) is 0 Å². The second kappa shape index (κ2) is 9.66. The van der Waals surface area contributed by atoms with E-state index >= 15 is 0 Å². The molecule has 0 radical (unpaired) electrons. The predicted molar refractivity (Wildman–Crippen MR) is 88.6 cm³/mol. The van der Waals surface area contributed by atoms with Crippen LogP contribution < -0.4 is 4.74 Å². The number of halogens is 1. The molecule has 0 aliphatic heterocycles. The van der Waals surface area contributed by atoms with Gasteiger partial charge in [0.2, 0.25) is 0 Å². The molecule has 0 heterocycles. The summed E-state index contributed by atoms with van der Waals surface area (Å²) < 4.78 is 5.69. The number of hydrogen-bond donors (Lipinski definition) is 0. The van der Waals surface area contributed by atoms with Gasteiger partial charge in [-0.05, 0) is 62.9 Å². The molecule has 0 fully saturated rings. The zero-order chi connectivity index (χ0) is 14.8. The molecule has 0 bridgehead atoms. The van der Waals surface area contributed by atoms with Crippen LogP contribution >= 0.6 is 11.6 Å². The Bertz CT molecular complexity index is 443. The molecule has 0 aliphatic carbocycles. The predicted octanol–water partition coefficient (Wildman–Crippen LogP) is 6.19. The van der Waals surface area contributed by atoms with Crippen LogP contribution in [0.2, 0.25) is 5.02 Å². The van der Waals surface area contributed by atoms with Crippen molar-refractivity contribution in [2.45, 2.75) is 46.5 Å². The highest BCUT2D eigenvalue weighted by atomic mass is 35.5. The van der Waals surface area contributed by atoms with Crippen LogP contribution in [-0.2, 0) is 0 Å². The Balaban J connectivity index is 2.39. The van der Waals surface area contributed by atoms with Crippen molar-refractivity contribution >= 4 is 11.6 Å². The number of benzene rings is 1. The Kier molecular flexibility index (Phi) is 8.13.